The van der Waals surface area contributed by atoms with Gasteiger partial charge in [-0.05, 0) is 66.1 Å². The van der Waals surface area contributed by atoms with Crippen LogP contribution in [0.1, 0.15) is 192 Å². The average Bonchev–Trinajstić information content (AvgIpc) is 2.94. The monoisotopic (exact) mass is 626 g/mol. The van der Waals surface area contributed by atoms with Crippen LogP contribution in [0.15, 0.2) is 23.1 Å². The summed E-state index contributed by atoms with van der Waals surface area (Å²) in [6, 6.07) is 6.39. The number of hydrogen-bond donors (Lipinski definition) is 2. The first-order chi connectivity index (χ1) is 20.0. The van der Waals surface area contributed by atoms with Crippen molar-refractivity contribution in [2.24, 2.45) is 0 Å². The van der Waals surface area contributed by atoms with E-state index in [2.05, 4.69) is 26.0 Å². The third-order valence-corrected chi connectivity index (χ3v) is 11.3. The number of hydrogen-bond acceptors (Lipinski definition) is 2. The van der Waals surface area contributed by atoms with Crippen LogP contribution < -0.4 is 0 Å². The summed E-state index contributed by atoms with van der Waals surface area (Å²) in [5.41, 5.74) is -0.583. The van der Waals surface area contributed by atoms with Crippen LogP contribution in [0.5, 0.6) is 0 Å². The number of rotatable bonds is 30. The molecule has 1 aromatic rings. The molecule has 5 heteroatoms. The summed E-state index contributed by atoms with van der Waals surface area (Å²) in [4.78, 5) is 21.0. The lowest BCUT2D eigenvalue weighted by Crippen LogP contribution is -1.98. The Kier molecular flexibility index (Phi) is 26.4. The van der Waals surface area contributed by atoms with Crippen molar-refractivity contribution in [3.63, 3.8) is 0 Å². The zero-order chi connectivity index (χ0) is 29.9. The lowest BCUT2D eigenvalue weighted by molar-refractivity contribution is 0.502. The van der Waals surface area contributed by atoms with Gasteiger partial charge in [-0.15, -0.1) is 0 Å². The first kappa shape index (κ1) is 39.2. The van der Waals surface area contributed by atoms with Gasteiger partial charge in [-0.25, -0.2) is 0 Å². The molecular weight excluding hydrogens is 560 g/mol. The second-order valence-electron chi connectivity index (χ2n) is 12.5. The normalized spacial score (nSPS) is 11.9. The molecule has 0 aliphatic rings. The molecule has 0 fully saturated rings. The zero-order valence-electron chi connectivity index (χ0n) is 27.2. The van der Waals surface area contributed by atoms with Crippen molar-refractivity contribution in [3.8, 4) is 0 Å². The second-order valence-corrected chi connectivity index (χ2v) is 18.4. The Balaban J connectivity index is 2.27. The van der Waals surface area contributed by atoms with E-state index in [9.17, 15) is 9.79 Å². The lowest BCUT2D eigenvalue weighted by atomic mass is 9.96. The average molecular weight is 627 g/mol. The van der Waals surface area contributed by atoms with Crippen LogP contribution >= 0.6 is 17.1 Å². The molecule has 1 aromatic carbocycles. The fourth-order valence-corrected chi connectivity index (χ4v) is 8.74. The summed E-state index contributed by atoms with van der Waals surface area (Å²) >= 11 is 6.12. The van der Waals surface area contributed by atoms with Gasteiger partial charge in [0.2, 0.25) is 5.69 Å². The fourth-order valence-electron chi connectivity index (χ4n) is 6.00. The third kappa shape index (κ3) is 24.2. The fraction of sp³-hybridized carbons (Fsp3) is 0.833. The summed E-state index contributed by atoms with van der Waals surface area (Å²) in [5, 5.41) is 0. The highest BCUT2D eigenvalue weighted by atomic mass is 32.9. The molecule has 41 heavy (non-hydrogen) atoms. The predicted octanol–water partition coefficient (Wildman–Crippen LogP) is 13.3. The maximum atomic E-state index is 10.0. The van der Waals surface area contributed by atoms with Crippen molar-refractivity contribution in [1.82, 2.24) is 0 Å². The predicted molar refractivity (Wildman–Crippen MR) is 190 cm³/mol. The van der Waals surface area contributed by atoms with Gasteiger partial charge in [0.05, 0.1) is 0 Å². The minimum Gasteiger partial charge on any atom is -0.337 e. The molecule has 0 spiro atoms. The van der Waals surface area contributed by atoms with Crippen LogP contribution in [0.2, 0.25) is 0 Å². The molecule has 0 unspecified atom stereocenters. The van der Waals surface area contributed by atoms with Crippen LogP contribution in [0.3, 0.4) is 0 Å². The minimum atomic E-state index is -3.32. The lowest BCUT2D eigenvalue weighted by Gasteiger charge is -2.16. The number of unbranched alkanes of at least 4 members (excludes halogenated alkanes) is 24. The molecule has 2 N–H and O–H groups in total. The van der Waals surface area contributed by atoms with E-state index in [1.807, 2.05) is 6.07 Å². The van der Waals surface area contributed by atoms with Crippen LogP contribution in [0.25, 0.3) is 0 Å². The van der Waals surface area contributed by atoms with Crippen molar-refractivity contribution in [1.29, 1.82) is 0 Å². The summed E-state index contributed by atoms with van der Waals surface area (Å²) in [6.45, 7) is 4.57. The van der Waals surface area contributed by atoms with Crippen molar-refractivity contribution >= 4 is 28.9 Å². The summed E-state index contributed by atoms with van der Waals surface area (Å²) in [5.74, 6) is 0. The molecule has 0 radical (unpaired) electrons. The molecule has 0 bridgehead atoms. The molecule has 0 aliphatic heterocycles. The van der Waals surface area contributed by atoms with Gasteiger partial charge in [0.25, 0.3) is 0 Å². The maximum Gasteiger partial charge on any atom is 0.246 e. The third-order valence-electron chi connectivity index (χ3n) is 8.53. The van der Waals surface area contributed by atoms with Crippen LogP contribution in [0.4, 0.5) is 0 Å². The highest BCUT2D eigenvalue weighted by Crippen LogP contribution is 2.56. The van der Waals surface area contributed by atoms with Crippen molar-refractivity contribution in [3.05, 3.63) is 29.3 Å². The van der Waals surface area contributed by atoms with Crippen molar-refractivity contribution in [2.75, 3.05) is 0 Å². The summed E-state index contributed by atoms with van der Waals surface area (Å²) < 4.78 is 0. The summed E-state index contributed by atoms with van der Waals surface area (Å²) in [7, 11) is 0. The molecule has 0 atom stereocenters. The Hall–Kier alpha value is 0.140. The largest absolute Gasteiger partial charge is 0.337 e. The Morgan fingerprint density at radius 1 is 0.512 bits per heavy atom. The van der Waals surface area contributed by atoms with Gasteiger partial charge in [-0.2, -0.15) is 0 Å². The highest BCUT2D eigenvalue weighted by molar-refractivity contribution is 8.67. The molecule has 0 aromatic heterocycles. The van der Waals surface area contributed by atoms with Gasteiger partial charge in [0, 0.05) is 4.90 Å². The van der Waals surface area contributed by atoms with Gasteiger partial charge in [0.1, 0.15) is 0 Å². The standard InChI is InChI=1S/C36H67O2PS2/c1-3-5-7-9-11-13-15-17-19-21-23-25-27-30-34-31-29-33-36(41-39(37,38)40)35(34)32-28-26-24-22-20-18-16-14-12-10-8-6-4-2/h29,31,33H,3-28,30,32H2,1-2H3,(H2,37,38,40). The van der Waals surface area contributed by atoms with Gasteiger partial charge in [-0.1, -0.05) is 180 Å². The van der Waals surface area contributed by atoms with E-state index in [4.69, 9.17) is 11.8 Å². The van der Waals surface area contributed by atoms with E-state index in [-0.39, 0.29) is 0 Å². The molecule has 1 rings (SSSR count). The maximum absolute atomic E-state index is 10.0. The van der Waals surface area contributed by atoms with E-state index in [1.54, 1.807) is 0 Å². The van der Waals surface area contributed by atoms with E-state index in [0.717, 1.165) is 29.1 Å². The molecular formula is C36H67O2PS2. The van der Waals surface area contributed by atoms with Gasteiger partial charge < -0.3 is 9.79 Å². The zero-order valence-corrected chi connectivity index (χ0v) is 29.7. The molecule has 0 saturated heterocycles. The first-order valence-corrected chi connectivity index (χ1v) is 22.0. The van der Waals surface area contributed by atoms with E-state index in [1.165, 1.54) is 178 Å². The summed E-state index contributed by atoms with van der Waals surface area (Å²) in [6.07, 6.45) is 37.8. The van der Waals surface area contributed by atoms with Crippen molar-refractivity contribution < 1.29 is 9.79 Å². The minimum absolute atomic E-state index is 1.00. The topological polar surface area (TPSA) is 40.5 Å². The molecule has 240 valence electrons. The smallest absolute Gasteiger partial charge is 0.246 e. The molecule has 0 aliphatic carbocycles. The quantitative estimate of drug-likeness (QED) is 0.0658. The molecule has 0 heterocycles. The van der Waals surface area contributed by atoms with Crippen LogP contribution in [-0.4, -0.2) is 9.79 Å². The van der Waals surface area contributed by atoms with E-state index in [0.29, 0.717) is 0 Å². The van der Waals surface area contributed by atoms with Crippen LogP contribution in [0, 0.1) is 0 Å². The Morgan fingerprint density at radius 3 is 1.22 bits per heavy atom. The second kappa shape index (κ2) is 27.7. The van der Waals surface area contributed by atoms with Gasteiger partial charge in [0.15, 0.2) is 0 Å². The Bertz CT molecular complexity index is 764. The van der Waals surface area contributed by atoms with Gasteiger partial charge in [-0.3, -0.25) is 0 Å². The Morgan fingerprint density at radius 2 is 0.854 bits per heavy atom. The molecule has 0 amide bonds. The SMILES string of the molecule is CCCCCCCCCCCCCCCc1cccc(SP(O)(O)=S)c1CCCCCCCCCCCCCCC. The van der Waals surface area contributed by atoms with E-state index < -0.39 is 5.69 Å². The van der Waals surface area contributed by atoms with Gasteiger partial charge >= 0.3 is 0 Å². The number of aryl methyl sites for hydroxylation is 1. The van der Waals surface area contributed by atoms with Crippen LogP contribution in [-0.2, 0) is 24.6 Å². The molecule has 0 saturated carbocycles. The first-order valence-electron chi connectivity index (χ1n) is 17.8. The Labute approximate surface area is 265 Å². The highest BCUT2D eigenvalue weighted by Gasteiger charge is 2.16. The van der Waals surface area contributed by atoms with E-state index >= 15 is 0 Å². The molecule has 2 nitrogen and oxygen atoms in total. The number of benzene rings is 1. The van der Waals surface area contributed by atoms with Crippen molar-refractivity contribution in [2.45, 2.75) is 199 Å².